The zero-order chi connectivity index (χ0) is 37.2. The first-order chi connectivity index (χ1) is 22.7. The molecule has 284 valence electrons. The molecule has 0 bridgehead atoms. The maximum absolute atomic E-state index is 12.7. The Balaban J connectivity index is 1.95. The molecule has 16 atom stereocenters. The number of rotatable bonds is 12. The Hall–Kier alpha value is -2.19. The predicted molar refractivity (Wildman–Crippen MR) is 153 cm³/mol. The molecule has 0 aromatic carbocycles. The summed E-state index contributed by atoms with van der Waals surface area (Å²) < 4.78 is 32.8. The van der Waals surface area contributed by atoms with Crippen LogP contribution in [0.2, 0.25) is 0 Å². The van der Waals surface area contributed by atoms with Crippen LogP contribution in [-0.2, 0) is 42.8 Å². The summed E-state index contributed by atoms with van der Waals surface area (Å²) in [5.41, 5.74) is -1.09. The second-order valence-electron chi connectivity index (χ2n) is 13.1. The quantitative estimate of drug-likeness (QED) is 0.0835. The van der Waals surface area contributed by atoms with Crippen LogP contribution >= 0.6 is 0 Å². The molecular weight excluding hydrogens is 670 g/mol. The maximum atomic E-state index is 12.7. The van der Waals surface area contributed by atoms with Crippen molar-refractivity contribution in [1.82, 2.24) is 5.32 Å². The number of amides is 1. The highest BCUT2D eigenvalue weighted by Crippen LogP contribution is 2.38. The third-order valence-corrected chi connectivity index (χ3v) is 8.30. The minimum absolute atomic E-state index is 0.758. The van der Waals surface area contributed by atoms with Crippen LogP contribution in [0, 0.1) is 5.41 Å². The average Bonchev–Trinajstić information content (AvgIpc) is 3.02. The summed E-state index contributed by atoms with van der Waals surface area (Å²) in [7, 11) is 0. The van der Waals surface area contributed by atoms with Crippen LogP contribution < -0.4 is 5.32 Å². The predicted octanol–water partition coefficient (Wildman–Crippen LogP) is -6.63. The lowest BCUT2D eigenvalue weighted by atomic mass is 9.88. The van der Waals surface area contributed by atoms with Crippen molar-refractivity contribution in [1.29, 1.82) is 0 Å². The molecule has 3 aliphatic heterocycles. The highest BCUT2D eigenvalue weighted by atomic mass is 16.8. The van der Waals surface area contributed by atoms with Gasteiger partial charge in [0, 0.05) is 13.3 Å². The summed E-state index contributed by atoms with van der Waals surface area (Å²) in [5, 5.41) is 117. The van der Waals surface area contributed by atoms with Crippen LogP contribution in [0.3, 0.4) is 0 Å². The van der Waals surface area contributed by atoms with Gasteiger partial charge in [0.25, 0.3) is 5.79 Å². The highest BCUT2D eigenvalue weighted by Gasteiger charge is 2.60. The van der Waals surface area contributed by atoms with Crippen molar-refractivity contribution in [2.45, 2.75) is 132 Å². The minimum atomic E-state index is -3.05. The minimum Gasteiger partial charge on any atom is -0.477 e. The number of esters is 1. The molecule has 0 saturated carbocycles. The van der Waals surface area contributed by atoms with E-state index in [-0.39, 0.29) is 0 Å². The number of ether oxygens (including phenoxy) is 6. The van der Waals surface area contributed by atoms with Crippen molar-refractivity contribution in [2.75, 3.05) is 19.8 Å². The molecule has 3 fully saturated rings. The van der Waals surface area contributed by atoms with E-state index in [0.717, 1.165) is 6.92 Å². The number of carbonyl (C=O) groups excluding carboxylic acids is 2. The van der Waals surface area contributed by atoms with Crippen LogP contribution in [0.25, 0.3) is 0 Å². The first-order valence-electron chi connectivity index (χ1n) is 15.4. The number of carboxylic acids is 1. The molecule has 12 N–H and O–H groups in total. The van der Waals surface area contributed by atoms with Gasteiger partial charge in [0.2, 0.25) is 5.91 Å². The molecule has 0 aromatic rings. The monoisotopic (exact) mass is 717 g/mol. The number of carboxylic acid groups (broad SMARTS) is 1. The number of aliphatic hydroxyl groups excluding tert-OH is 10. The third kappa shape index (κ3) is 9.01. The van der Waals surface area contributed by atoms with E-state index in [2.05, 4.69) is 5.32 Å². The van der Waals surface area contributed by atoms with Gasteiger partial charge in [-0.2, -0.15) is 0 Å². The first-order valence-corrected chi connectivity index (χ1v) is 15.4. The molecule has 21 nitrogen and oxygen atoms in total. The first kappa shape index (κ1) is 41.2. The van der Waals surface area contributed by atoms with Crippen molar-refractivity contribution in [3.8, 4) is 0 Å². The van der Waals surface area contributed by atoms with Gasteiger partial charge in [-0.15, -0.1) is 0 Å². The smallest absolute Gasteiger partial charge is 0.364 e. The maximum Gasteiger partial charge on any atom is 0.364 e. The van der Waals surface area contributed by atoms with Gasteiger partial charge in [-0.05, 0) is 20.8 Å². The Labute approximate surface area is 279 Å². The molecule has 49 heavy (non-hydrogen) atoms. The Morgan fingerprint density at radius 2 is 1.51 bits per heavy atom. The Kier molecular flexibility index (Phi) is 13.8. The van der Waals surface area contributed by atoms with Gasteiger partial charge in [0.05, 0.1) is 37.4 Å². The fourth-order valence-corrected chi connectivity index (χ4v) is 5.58. The molecular formula is C28H47NO20. The second kappa shape index (κ2) is 16.4. The van der Waals surface area contributed by atoms with Crippen LogP contribution in [0.5, 0.6) is 0 Å². The number of hydrogen-bond donors (Lipinski definition) is 12. The lowest BCUT2D eigenvalue weighted by Gasteiger charge is -2.50. The van der Waals surface area contributed by atoms with Crippen molar-refractivity contribution >= 4 is 17.8 Å². The number of carbonyl (C=O) groups is 3. The molecule has 21 heteroatoms. The molecule has 0 spiro atoms. The SMILES string of the molecule is CC(=O)N[C@H]1[C@H]([C@H](O)[C@H](O)CO)O[C@@](O[C@H]2[C@@H](O)[C@@H](CO)O[C@@H](O[C@H]3[C@H](O)[C@@H](OC(=O)C(C)(C)C)[C@H](O)O[C@@H]3CO)[C@@H]2O)(C(=O)O)C[C@@H]1O. The second-order valence-corrected chi connectivity index (χ2v) is 13.1. The standard InChI is InChI=1S/C28H47NO20/c1-9(33)29-14-10(34)5-28(25(41)42,48-20(14)15(36)11(35)6-30)49-21-16(37)12(7-31)45-24(18(21)39)46-19-13(8-32)44-23(40)22(17(19)38)47-26(43)27(2,3)4/h10-24,30-32,34-40H,5-8H2,1-4H3,(H,29,33)(H,41,42)/t10-,11+,12+,13+,14+,15+,16-,17-,18+,19+,20+,21-,22+,23+,24-,28-/m0/s1. The molecule has 3 rings (SSSR count). The zero-order valence-electron chi connectivity index (χ0n) is 27.1. The van der Waals surface area contributed by atoms with Gasteiger partial charge < -0.3 is 89.9 Å². The number of aliphatic carboxylic acids is 1. The number of aliphatic hydroxyl groups is 10. The highest BCUT2D eigenvalue weighted by molar-refractivity contribution is 5.77. The number of hydrogen-bond acceptors (Lipinski definition) is 19. The van der Waals surface area contributed by atoms with Crippen molar-refractivity contribution in [3.63, 3.8) is 0 Å². The summed E-state index contributed by atoms with van der Waals surface area (Å²) in [4.78, 5) is 37.0. The van der Waals surface area contributed by atoms with Crippen LogP contribution in [-0.4, -0.2) is 191 Å². The molecule has 0 unspecified atom stereocenters. The molecule has 0 radical (unpaired) electrons. The topological polar surface area (TPSA) is 341 Å². The van der Waals surface area contributed by atoms with E-state index in [1.165, 1.54) is 20.8 Å². The summed E-state index contributed by atoms with van der Waals surface area (Å²) in [6.45, 7) is 2.55. The van der Waals surface area contributed by atoms with Crippen LogP contribution in [0.15, 0.2) is 0 Å². The van der Waals surface area contributed by atoms with E-state index in [1.807, 2.05) is 0 Å². The van der Waals surface area contributed by atoms with Gasteiger partial charge in [-0.3, -0.25) is 9.59 Å². The number of nitrogens with one attached hydrogen (secondary N) is 1. The van der Waals surface area contributed by atoms with E-state index in [4.69, 9.17) is 28.4 Å². The normalized spacial score (nSPS) is 41.4. The van der Waals surface area contributed by atoms with Crippen molar-refractivity contribution < 1.29 is 99.0 Å². The lowest BCUT2D eigenvalue weighted by molar-refractivity contribution is -0.385. The molecule has 1 amide bonds. The lowest BCUT2D eigenvalue weighted by Crippen LogP contribution is -2.71. The molecule has 3 saturated heterocycles. The summed E-state index contributed by atoms with van der Waals surface area (Å²) in [6, 6.07) is -1.56. The zero-order valence-corrected chi connectivity index (χ0v) is 27.1. The third-order valence-electron chi connectivity index (χ3n) is 8.30. The molecule has 3 aliphatic rings. The van der Waals surface area contributed by atoms with Gasteiger partial charge >= 0.3 is 11.9 Å². The summed E-state index contributed by atoms with van der Waals surface area (Å²) >= 11 is 0. The van der Waals surface area contributed by atoms with E-state index in [1.54, 1.807) is 0 Å². The van der Waals surface area contributed by atoms with E-state index >= 15 is 0 Å². The Morgan fingerprint density at radius 1 is 0.898 bits per heavy atom. The molecule has 0 aromatic heterocycles. The average molecular weight is 718 g/mol. The van der Waals surface area contributed by atoms with E-state index < -0.39 is 147 Å². The fraction of sp³-hybridized carbons (Fsp3) is 0.893. The van der Waals surface area contributed by atoms with Crippen molar-refractivity contribution in [3.05, 3.63) is 0 Å². The molecule has 3 heterocycles. The van der Waals surface area contributed by atoms with Gasteiger partial charge in [-0.25, -0.2) is 4.79 Å². The molecule has 0 aliphatic carbocycles. The van der Waals surface area contributed by atoms with Gasteiger partial charge in [0.1, 0.15) is 61.0 Å². The van der Waals surface area contributed by atoms with Gasteiger partial charge in [-0.1, -0.05) is 0 Å². The summed E-state index contributed by atoms with van der Waals surface area (Å²) in [6.07, 6.45) is -28.1. The fourth-order valence-electron chi connectivity index (χ4n) is 5.58. The van der Waals surface area contributed by atoms with E-state index in [0.29, 0.717) is 0 Å². The van der Waals surface area contributed by atoms with Crippen molar-refractivity contribution in [2.24, 2.45) is 5.41 Å². The van der Waals surface area contributed by atoms with Crippen LogP contribution in [0.4, 0.5) is 0 Å². The van der Waals surface area contributed by atoms with Gasteiger partial charge in [0.15, 0.2) is 18.7 Å². The largest absolute Gasteiger partial charge is 0.477 e. The van der Waals surface area contributed by atoms with Crippen LogP contribution in [0.1, 0.15) is 34.1 Å². The Morgan fingerprint density at radius 3 is 2.02 bits per heavy atom. The Bertz CT molecular complexity index is 1140. The summed E-state index contributed by atoms with van der Waals surface area (Å²) in [5.74, 6) is -6.66. The van der Waals surface area contributed by atoms with E-state index in [9.17, 15) is 70.6 Å².